The molecule has 0 radical (unpaired) electrons. The first kappa shape index (κ1) is 17.9. The van der Waals surface area contributed by atoms with Crippen LogP contribution in [0.1, 0.15) is 17.5 Å². The first-order valence-corrected chi connectivity index (χ1v) is 9.74. The zero-order valence-electron chi connectivity index (χ0n) is 16.2. The van der Waals surface area contributed by atoms with Crippen LogP contribution in [0.15, 0.2) is 72.8 Å². The molecule has 3 aromatic carbocycles. The van der Waals surface area contributed by atoms with Crippen molar-refractivity contribution in [3.63, 3.8) is 0 Å². The number of benzene rings is 3. The highest BCUT2D eigenvalue weighted by Gasteiger charge is 2.54. The largest absolute Gasteiger partial charge is 0.497 e. The number of aryl methyl sites for hydroxylation is 1. The first-order chi connectivity index (χ1) is 14.1. The number of ether oxygens (including phenoxy) is 1. The van der Waals surface area contributed by atoms with Crippen molar-refractivity contribution in [1.29, 1.82) is 0 Å². The van der Waals surface area contributed by atoms with Crippen LogP contribution in [0.4, 0.5) is 15.8 Å². The molecule has 1 atom stereocenters. The molecular formula is C24H22FN2O2+. The number of aliphatic hydroxyl groups is 1. The normalized spacial score (nSPS) is 20.4. The summed E-state index contributed by atoms with van der Waals surface area (Å²) >= 11 is 0. The van der Waals surface area contributed by atoms with E-state index in [1.54, 1.807) is 19.2 Å². The van der Waals surface area contributed by atoms with Crippen molar-refractivity contribution in [2.45, 2.75) is 18.6 Å². The molecule has 5 rings (SSSR count). The van der Waals surface area contributed by atoms with Gasteiger partial charge in [-0.05, 0) is 66.6 Å². The Labute approximate surface area is 169 Å². The van der Waals surface area contributed by atoms with Gasteiger partial charge in [0.2, 0.25) is 0 Å². The van der Waals surface area contributed by atoms with Crippen LogP contribution in [-0.2, 0) is 12.1 Å². The summed E-state index contributed by atoms with van der Waals surface area (Å²) in [5.41, 5.74) is 2.57. The van der Waals surface area contributed by atoms with E-state index in [-0.39, 0.29) is 5.82 Å². The third-order valence-corrected chi connectivity index (χ3v) is 5.86. The minimum atomic E-state index is -1.29. The number of halogens is 1. The van der Waals surface area contributed by atoms with Crippen molar-refractivity contribution in [3.05, 3.63) is 89.7 Å². The summed E-state index contributed by atoms with van der Waals surface area (Å²) in [6, 6.07) is 22.1. The molecule has 4 nitrogen and oxygen atoms in total. The SMILES string of the molecule is COc1ccc(N2CC(O)(c3ccc(F)cc3)[N+]3=C2CCc2ccccc23)cc1. The summed E-state index contributed by atoms with van der Waals surface area (Å²) in [6.07, 6.45) is 1.72. The molecule has 146 valence electrons. The van der Waals surface area contributed by atoms with Crippen LogP contribution in [0.3, 0.4) is 0 Å². The quantitative estimate of drug-likeness (QED) is 0.683. The highest BCUT2D eigenvalue weighted by molar-refractivity contribution is 5.97. The number of para-hydroxylation sites is 1. The van der Waals surface area contributed by atoms with Crippen molar-refractivity contribution in [2.24, 2.45) is 0 Å². The number of rotatable bonds is 3. The molecule has 5 heteroatoms. The average molecular weight is 389 g/mol. The van der Waals surface area contributed by atoms with E-state index in [0.717, 1.165) is 35.8 Å². The Balaban J connectivity index is 1.68. The second kappa shape index (κ2) is 6.71. The smallest absolute Gasteiger partial charge is 0.275 e. The Hall–Kier alpha value is -3.18. The van der Waals surface area contributed by atoms with Crippen LogP contribution in [-0.4, -0.2) is 29.2 Å². The fourth-order valence-electron chi connectivity index (χ4n) is 4.43. The summed E-state index contributed by atoms with van der Waals surface area (Å²) in [7, 11) is 1.65. The summed E-state index contributed by atoms with van der Waals surface area (Å²) in [6.45, 7) is 0.356. The zero-order chi connectivity index (χ0) is 20.0. The van der Waals surface area contributed by atoms with Gasteiger partial charge in [-0.2, -0.15) is 4.58 Å². The molecule has 1 unspecified atom stereocenters. The van der Waals surface area contributed by atoms with Crippen molar-refractivity contribution in [1.82, 2.24) is 0 Å². The van der Waals surface area contributed by atoms with E-state index < -0.39 is 5.72 Å². The molecule has 29 heavy (non-hydrogen) atoms. The molecule has 0 aromatic heterocycles. The summed E-state index contributed by atoms with van der Waals surface area (Å²) in [5, 5.41) is 11.9. The minimum Gasteiger partial charge on any atom is -0.497 e. The van der Waals surface area contributed by atoms with Gasteiger partial charge in [-0.3, -0.25) is 0 Å². The van der Waals surface area contributed by atoms with Gasteiger partial charge in [0, 0.05) is 5.56 Å². The lowest BCUT2D eigenvalue weighted by molar-refractivity contribution is -0.594. The molecular weight excluding hydrogens is 367 g/mol. The van der Waals surface area contributed by atoms with E-state index in [4.69, 9.17) is 4.74 Å². The van der Waals surface area contributed by atoms with Crippen LogP contribution in [0.5, 0.6) is 5.75 Å². The maximum atomic E-state index is 13.6. The lowest BCUT2D eigenvalue weighted by Gasteiger charge is -2.25. The fourth-order valence-corrected chi connectivity index (χ4v) is 4.43. The Morgan fingerprint density at radius 1 is 0.966 bits per heavy atom. The Morgan fingerprint density at radius 3 is 2.41 bits per heavy atom. The number of hydrogen-bond donors (Lipinski definition) is 1. The molecule has 0 bridgehead atoms. The summed E-state index contributed by atoms with van der Waals surface area (Å²) in [5.74, 6) is 1.52. The van der Waals surface area contributed by atoms with Crippen LogP contribution in [0.25, 0.3) is 0 Å². The number of amidine groups is 1. The Morgan fingerprint density at radius 2 is 1.69 bits per heavy atom. The average Bonchev–Trinajstić information content (AvgIpc) is 3.08. The standard InChI is InChI=1S/C24H22FN2O2/c1-29-21-13-11-20(12-14-21)26-16-24(28,18-7-9-19(25)10-8-18)27-22-5-3-2-4-17(22)6-15-23(26)27/h2-5,7-14,28H,6,15-16H2,1H3/q+1. The number of nitrogens with zero attached hydrogens (tertiary/aromatic N) is 2. The molecule has 3 aromatic rings. The highest BCUT2D eigenvalue weighted by atomic mass is 19.1. The lowest BCUT2D eigenvalue weighted by Crippen LogP contribution is -2.39. The Bertz CT molecular complexity index is 1090. The second-order valence-corrected chi connectivity index (χ2v) is 7.49. The van der Waals surface area contributed by atoms with Crippen LogP contribution < -0.4 is 9.64 Å². The fraction of sp³-hybridized carbons (Fsp3) is 0.208. The predicted octanol–water partition coefficient (Wildman–Crippen LogP) is 4.19. The highest BCUT2D eigenvalue weighted by Crippen LogP contribution is 2.42. The van der Waals surface area contributed by atoms with E-state index in [1.807, 2.05) is 47.0 Å². The van der Waals surface area contributed by atoms with E-state index in [0.29, 0.717) is 12.1 Å². The molecule has 1 N–H and O–H groups in total. The third kappa shape index (κ3) is 2.81. The molecule has 2 heterocycles. The minimum absolute atomic E-state index is 0.314. The van der Waals surface area contributed by atoms with Crippen LogP contribution >= 0.6 is 0 Å². The van der Waals surface area contributed by atoms with Gasteiger partial charge in [0.05, 0.1) is 13.5 Å². The molecule has 2 aliphatic heterocycles. The maximum absolute atomic E-state index is 13.6. The van der Waals surface area contributed by atoms with Gasteiger partial charge < -0.3 is 9.84 Å². The molecule has 0 amide bonds. The van der Waals surface area contributed by atoms with Crippen molar-refractivity contribution in [3.8, 4) is 5.75 Å². The predicted molar refractivity (Wildman–Crippen MR) is 110 cm³/mol. The van der Waals surface area contributed by atoms with Gasteiger partial charge in [0.1, 0.15) is 22.9 Å². The van der Waals surface area contributed by atoms with E-state index in [1.165, 1.54) is 17.7 Å². The van der Waals surface area contributed by atoms with Crippen molar-refractivity contribution in [2.75, 3.05) is 18.6 Å². The molecule has 0 fully saturated rings. The second-order valence-electron chi connectivity index (χ2n) is 7.49. The van der Waals surface area contributed by atoms with Crippen molar-refractivity contribution < 1.29 is 18.8 Å². The molecule has 0 spiro atoms. The number of anilines is 1. The summed E-state index contributed by atoms with van der Waals surface area (Å²) < 4.78 is 20.9. The molecule has 0 saturated carbocycles. The number of methoxy groups -OCH3 is 1. The van der Waals surface area contributed by atoms with Gasteiger partial charge in [0.25, 0.3) is 11.6 Å². The van der Waals surface area contributed by atoms with E-state index in [2.05, 4.69) is 11.0 Å². The summed E-state index contributed by atoms with van der Waals surface area (Å²) in [4.78, 5) is 2.15. The topological polar surface area (TPSA) is 35.7 Å². The van der Waals surface area contributed by atoms with Crippen molar-refractivity contribution >= 4 is 17.2 Å². The number of β-amino-alcohol motifs (C(OH)–C–C–N with tert-alkyl or cyclic N) is 1. The number of fused-ring (bicyclic) bond motifs is 2. The first-order valence-electron chi connectivity index (χ1n) is 9.74. The number of hydrogen-bond acceptors (Lipinski definition) is 3. The van der Waals surface area contributed by atoms with Crippen LogP contribution in [0, 0.1) is 5.82 Å². The van der Waals surface area contributed by atoms with Gasteiger partial charge in [-0.1, -0.05) is 18.2 Å². The molecule has 0 aliphatic carbocycles. The van der Waals surface area contributed by atoms with Gasteiger partial charge >= 0.3 is 0 Å². The third-order valence-electron chi connectivity index (χ3n) is 5.86. The maximum Gasteiger partial charge on any atom is 0.275 e. The monoisotopic (exact) mass is 389 g/mol. The van der Waals surface area contributed by atoms with E-state index in [9.17, 15) is 9.50 Å². The lowest BCUT2D eigenvalue weighted by atomic mass is 9.98. The van der Waals surface area contributed by atoms with Crippen LogP contribution in [0.2, 0.25) is 0 Å². The molecule has 2 aliphatic rings. The Kier molecular flexibility index (Phi) is 4.14. The van der Waals surface area contributed by atoms with Gasteiger partial charge in [0.15, 0.2) is 6.54 Å². The van der Waals surface area contributed by atoms with Gasteiger partial charge in [-0.15, -0.1) is 0 Å². The molecule has 0 saturated heterocycles. The van der Waals surface area contributed by atoms with Gasteiger partial charge in [-0.25, -0.2) is 9.29 Å². The zero-order valence-corrected chi connectivity index (χ0v) is 16.2. The van der Waals surface area contributed by atoms with E-state index >= 15 is 0 Å².